The second kappa shape index (κ2) is 12.3. The highest BCUT2D eigenvalue weighted by atomic mass is 19.3. The van der Waals surface area contributed by atoms with Gasteiger partial charge in [-0.25, -0.2) is 9.78 Å². The Morgan fingerprint density at radius 3 is 2.60 bits per heavy atom. The van der Waals surface area contributed by atoms with Gasteiger partial charge in [0.1, 0.15) is 0 Å². The molecule has 0 spiro atoms. The fourth-order valence-electron chi connectivity index (χ4n) is 3.93. The molecule has 1 unspecified atom stereocenters. The van der Waals surface area contributed by atoms with E-state index in [1.807, 2.05) is 20.8 Å². The van der Waals surface area contributed by atoms with Crippen LogP contribution >= 0.6 is 0 Å². The van der Waals surface area contributed by atoms with Crippen LogP contribution in [0, 0.1) is 11.3 Å². The Morgan fingerprint density at radius 2 is 1.98 bits per heavy atom. The standard InChI is InChI=1S/C28H32F2N4O6/c1-28(2,3)12-21(39-27(31)36)23-22(24(35)33-14-17-5-4-10-32-13-17)34-25(40-23)18-8-9-19(38-26(29)30)20(11-18)37-15-16-6-7-16/h4-5,8-11,13,16,21,26H,6-7,12,14-15H2,1-3H3,(H2,31,36)(H,33,35). The Hall–Kier alpha value is -4.22. The first-order valence-corrected chi connectivity index (χ1v) is 12.8. The molecule has 0 aliphatic heterocycles. The summed E-state index contributed by atoms with van der Waals surface area (Å²) in [5.74, 6) is -0.275. The zero-order chi connectivity index (χ0) is 28.9. The zero-order valence-electron chi connectivity index (χ0n) is 22.5. The molecule has 2 aromatic heterocycles. The number of hydrogen-bond acceptors (Lipinski definition) is 8. The highest BCUT2D eigenvalue weighted by Gasteiger charge is 2.33. The van der Waals surface area contributed by atoms with Gasteiger partial charge >= 0.3 is 12.7 Å². The summed E-state index contributed by atoms with van der Waals surface area (Å²) in [7, 11) is 0. The quantitative estimate of drug-likeness (QED) is 0.292. The molecule has 1 saturated carbocycles. The van der Waals surface area contributed by atoms with Crippen LogP contribution in [0.2, 0.25) is 0 Å². The summed E-state index contributed by atoms with van der Waals surface area (Å²) >= 11 is 0. The maximum atomic E-state index is 13.3. The number of oxazole rings is 1. The largest absolute Gasteiger partial charge is 0.489 e. The molecular formula is C28H32F2N4O6. The van der Waals surface area contributed by atoms with Gasteiger partial charge in [-0.3, -0.25) is 9.78 Å². The molecule has 1 atom stereocenters. The van der Waals surface area contributed by atoms with Crippen molar-refractivity contribution in [1.82, 2.24) is 15.3 Å². The Morgan fingerprint density at radius 1 is 1.20 bits per heavy atom. The van der Waals surface area contributed by atoms with Crippen LogP contribution in [0.3, 0.4) is 0 Å². The van der Waals surface area contributed by atoms with Crippen LogP contribution in [0.1, 0.15) is 67.9 Å². The minimum absolute atomic E-state index is 0.000711. The molecule has 1 fully saturated rings. The van der Waals surface area contributed by atoms with Crippen LogP contribution in [0.25, 0.3) is 11.5 Å². The summed E-state index contributed by atoms with van der Waals surface area (Å²) in [6.07, 6.45) is 3.43. The molecule has 4 rings (SSSR count). The molecule has 214 valence electrons. The van der Waals surface area contributed by atoms with Crippen LogP contribution < -0.4 is 20.5 Å². The van der Waals surface area contributed by atoms with E-state index in [4.69, 9.17) is 19.6 Å². The predicted molar refractivity (Wildman–Crippen MR) is 140 cm³/mol. The number of nitrogens with one attached hydrogen (secondary N) is 1. The van der Waals surface area contributed by atoms with Crippen molar-refractivity contribution in [2.45, 2.75) is 59.3 Å². The number of pyridine rings is 1. The second-order valence-electron chi connectivity index (χ2n) is 10.8. The van der Waals surface area contributed by atoms with Gasteiger partial charge in [0.2, 0.25) is 5.89 Å². The molecule has 10 nitrogen and oxygen atoms in total. The van der Waals surface area contributed by atoms with E-state index >= 15 is 0 Å². The lowest BCUT2D eigenvalue weighted by Gasteiger charge is -2.24. The summed E-state index contributed by atoms with van der Waals surface area (Å²) in [6, 6.07) is 7.78. The van der Waals surface area contributed by atoms with Crippen LogP contribution in [0.15, 0.2) is 47.1 Å². The fraction of sp³-hybridized carbons (Fsp3) is 0.429. The Labute approximate surface area is 230 Å². The number of halogens is 2. The zero-order valence-corrected chi connectivity index (χ0v) is 22.5. The van der Waals surface area contributed by atoms with Crippen molar-refractivity contribution in [3.8, 4) is 23.0 Å². The lowest BCUT2D eigenvalue weighted by atomic mass is 9.88. The van der Waals surface area contributed by atoms with Crippen molar-refractivity contribution in [2.24, 2.45) is 17.1 Å². The van der Waals surface area contributed by atoms with Gasteiger partial charge in [-0.2, -0.15) is 8.78 Å². The van der Waals surface area contributed by atoms with Gasteiger partial charge in [0, 0.05) is 24.5 Å². The molecule has 3 aromatic rings. The van der Waals surface area contributed by atoms with E-state index in [2.05, 4.69) is 20.0 Å². The predicted octanol–water partition coefficient (Wildman–Crippen LogP) is 5.63. The van der Waals surface area contributed by atoms with E-state index in [0.717, 1.165) is 18.4 Å². The highest BCUT2D eigenvalue weighted by Crippen LogP contribution is 2.39. The van der Waals surface area contributed by atoms with Crippen LogP contribution in [0.4, 0.5) is 13.6 Å². The third-order valence-corrected chi connectivity index (χ3v) is 5.97. The van der Waals surface area contributed by atoms with Gasteiger partial charge in [0.15, 0.2) is 29.1 Å². The van der Waals surface area contributed by atoms with Gasteiger partial charge < -0.3 is 29.7 Å². The van der Waals surface area contributed by atoms with Crippen LogP contribution in [-0.4, -0.2) is 35.2 Å². The highest BCUT2D eigenvalue weighted by molar-refractivity contribution is 5.94. The molecule has 3 N–H and O–H groups in total. The average Bonchev–Trinajstić information content (AvgIpc) is 3.61. The number of carbonyl (C=O) groups is 2. The van der Waals surface area contributed by atoms with E-state index in [1.165, 1.54) is 18.2 Å². The van der Waals surface area contributed by atoms with Crippen molar-refractivity contribution < 1.29 is 37.0 Å². The van der Waals surface area contributed by atoms with E-state index in [1.54, 1.807) is 24.5 Å². The SMILES string of the molecule is CC(C)(C)CC(OC(N)=O)c1oc(-c2ccc(OC(F)F)c(OCC3CC3)c2)nc1C(=O)NCc1cccnc1. The first-order chi connectivity index (χ1) is 19.0. The number of nitrogens with zero attached hydrogens (tertiary/aromatic N) is 2. The van der Waals surface area contributed by atoms with E-state index in [0.29, 0.717) is 18.1 Å². The molecule has 1 aromatic carbocycles. The molecule has 1 aliphatic rings. The summed E-state index contributed by atoms with van der Waals surface area (Å²) in [6.45, 7) is 3.25. The Balaban J connectivity index is 1.71. The first-order valence-electron chi connectivity index (χ1n) is 12.8. The van der Waals surface area contributed by atoms with E-state index in [9.17, 15) is 18.4 Å². The van der Waals surface area contributed by atoms with Crippen LogP contribution in [0.5, 0.6) is 11.5 Å². The lowest BCUT2D eigenvalue weighted by Crippen LogP contribution is -2.27. The number of alkyl halides is 2. The molecular weight excluding hydrogens is 526 g/mol. The molecule has 0 saturated heterocycles. The molecule has 2 heterocycles. The van der Waals surface area contributed by atoms with Crippen molar-refractivity contribution in [1.29, 1.82) is 0 Å². The normalized spacial score (nSPS) is 14.1. The monoisotopic (exact) mass is 558 g/mol. The first kappa shape index (κ1) is 28.8. The third-order valence-electron chi connectivity index (χ3n) is 5.97. The number of ether oxygens (including phenoxy) is 3. The maximum absolute atomic E-state index is 13.3. The Kier molecular flexibility index (Phi) is 8.86. The molecule has 2 amide bonds. The van der Waals surface area contributed by atoms with Gasteiger partial charge in [0.25, 0.3) is 5.91 Å². The third kappa shape index (κ3) is 8.14. The number of carbonyl (C=O) groups excluding carboxylic acids is 2. The topological polar surface area (TPSA) is 139 Å². The van der Waals surface area contributed by atoms with Crippen LogP contribution in [-0.2, 0) is 11.3 Å². The summed E-state index contributed by atoms with van der Waals surface area (Å²) in [5.41, 5.74) is 5.98. The smallest absolute Gasteiger partial charge is 0.405 e. The van der Waals surface area contributed by atoms with Crippen molar-refractivity contribution >= 4 is 12.0 Å². The maximum Gasteiger partial charge on any atom is 0.405 e. The van der Waals surface area contributed by atoms with E-state index < -0.39 is 24.7 Å². The average molecular weight is 559 g/mol. The molecule has 40 heavy (non-hydrogen) atoms. The molecule has 1 aliphatic carbocycles. The molecule has 0 bridgehead atoms. The van der Waals surface area contributed by atoms with Gasteiger partial charge in [0.05, 0.1) is 6.61 Å². The van der Waals surface area contributed by atoms with Gasteiger partial charge in [-0.05, 0) is 60.4 Å². The Bertz CT molecular complexity index is 1320. The minimum Gasteiger partial charge on any atom is -0.489 e. The van der Waals surface area contributed by atoms with E-state index in [-0.39, 0.29) is 47.2 Å². The van der Waals surface area contributed by atoms with Crippen molar-refractivity contribution in [3.63, 3.8) is 0 Å². The number of aromatic nitrogens is 2. The number of benzene rings is 1. The summed E-state index contributed by atoms with van der Waals surface area (Å²) in [5, 5.41) is 2.77. The number of primary amides is 1. The summed E-state index contributed by atoms with van der Waals surface area (Å²) < 4.78 is 47.8. The molecule has 12 heteroatoms. The molecule has 0 radical (unpaired) electrons. The van der Waals surface area contributed by atoms with Gasteiger partial charge in [-0.15, -0.1) is 0 Å². The number of rotatable bonds is 12. The second-order valence-corrected chi connectivity index (χ2v) is 10.8. The summed E-state index contributed by atoms with van der Waals surface area (Å²) in [4.78, 5) is 33.5. The number of amides is 2. The number of hydrogen-bond donors (Lipinski definition) is 2. The lowest BCUT2D eigenvalue weighted by molar-refractivity contribution is -0.0515. The van der Waals surface area contributed by atoms with Crippen molar-refractivity contribution in [3.05, 3.63) is 59.7 Å². The number of nitrogens with two attached hydrogens (primary N) is 1. The fourth-order valence-corrected chi connectivity index (χ4v) is 3.93. The van der Waals surface area contributed by atoms with Gasteiger partial charge in [-0.1, -0.05) is 26.8 Å². The minimum atomic E-state index is -3.04. The van der Waals surface area contributed by atoms with Crippen molar-refractivity contribution in [2.75, 3.05) is 6.61 Å².